The number of carbonyl (C=O) groups excluding carboxylic acids is 1. The molecule has 2 atom stereocenters. The second-order valence-corrected chi connectivity index (χ2v) is 11.3. The Balaban J connectivity index is 1.53. The van der Waals surface area contributed by atoms with Gasteiger partial charge in [0.1, 0.15) is 5.82 Å². The predicted molar refractivity (Wildman–Crippen MR) is 130 cm³/mol. The van der Waals surface area contributed by atoms with Crippen LogP contribution in [0.4, 0.5) is 4.39 Å². The molecule has 8 heteroatoms. The molecule has 5 nitrogen and oxygen atoms in total. The third-order valence-corrected chi connectivity index (χ3v) is 8.54. The van der Waals surface area contributed by atoms with Crippen molar-refractivity contribution in [1.82, 2.24) is 10.3 Å². The molecule has 3 aromatic rings. The van der Waals surface area contributed by atoms with Crippen LogP contribution < -0.4 is 5.32 Å². The zero-order chi connectivity index (χ0) is 24.1. The van der Waals surface area contributed by atoms with Crippen LogP contribution in [0.25, 0.3) is 0 Å². The third kappa shape index (κ3) is 6.21. The Hall–Kier alpha value is -2.77. The highest BCUT2D eigenvalue weighted by atomic mass is 35.5. The molecule has 34 heavy (non-hydrogen) atoms. The van der Waals surface area contributed by atoms with E-state index in [-0.39, 0.29) is 29.7 Å². The first-order valence-corrected chi connectivity index (χ1v) is 13.2. The molecule has 1 heterocycles. The summed E-state index contributed by atoms with van der Waals surface area (Å²) in [4.78, 5) is 17.4. The summed E-state index contributed by atoms with van der Waals surface area (Å²) in [5.74, 6) is -0.522. The standard InChI is InChI=1S/C26H26ClFN2O3S/c27-20-8-6-19(7-9-20)26(18-4-5-18)30-25(31)17-24(15-12-22-3-1-2-16-29-22)34(32,33)23-13-10-21(28)11-14-23/h1-3,6-11,13-14,16,18,24,26H,4-5,12,15,17H2,(H,30,31). The maximum atomic E-state index is 13.4. The van der Waals surface area contributed by atoms with Crippen molar-refractivity contribution in [2.45, 2.75) is 48.3 Å². The molecule has 1 saturated carbocycles. The fraction of sp³-hybridized carbons (Fsp3) is 0.308. The first-order chi connectivity index (χ1) is 16.3. The molecule has 0 radical (unpaired) electrons. The van der Waals surface area contributed by atoms with E-state index in [1.54, 1.807) is 24.4 Å². The number of nitrogens with one attached hydrogen (secondary N) is 1. The van der Waals surface area contributed by atoms with Gasteiger partial charge in [0.2, 0.25) is 5.91 Å². The molecular formula is C26H26ClFN2O3S. The highest BCUT2D eigenvalue weighted by Crippen LogP contribution is 2.41. The smallest absolute Gasteiger partial charge is 0.221 e. The van der Waals surface area contributed by atoms with Crippen molar-refractivity contribution in [3.8, 4) is 0 Å². The van der Waals surface area contributed by atoms with Crippen molar-refractivity contribution in [3.63, 3.8) is 0 Å². The number of hydrogen-bond donors (Lipinski definition) is 1. The maximum Gasteiger partial charge on any atom is 0.221 e. The average Bonchev–Trinajstić information content (AvgIpc) is 3.67. The monoisotopic (exact) mass is 500 g/mol. The number of pyridine rings is 1. The number of hydrogen-bond acceptors (Lipinski definition) is 4. The minimum absolute atomic E-state index is 0.00386. The first kappa shape index (κ1) is 24.4. The van der Waals surface area contributed by atoms with E-state index in [0.717, 1.165) is 36.2 Å². The van der Waals surface area contributed by atoms with Gasteiger partial charge < -0.3 is 5.32 Å². The van der Waals surface area contributed by atoms with E-state index in [0.29, 0.717) is 17.4 Å². The first-order valence-electron chi connectivity index (χ1n) is 11.3. The Morgan fingerprint density at radius 1 is 1.06 bits per heavy atom. The molecule has 4 rings (SSSR count). The van der Waals surface area contributed by atoms with Gasteiger partial charge in [-0.25, -0.2) is 12.8 Å². The quantitative estimate of drug-likeness (QED) is 0.383. The van der Waals surface area contributed by atoms with Crippen molar-refractivity contribution >= 4 is 27.3 Å². The lowest BCUT2D eigenvalue weighted by atomic mass is 10.0. The number of nitrogens with zero attached hydrogens (tertiary/aromatic N) is 1. The van der Waals surface area contributed by atoms with E-state index in [2.05, 4.69) is 10.3 Å². The van der Waals surface area contributed by atoms with E-state index in [1.165, 1.54) is 12.1 Å². The Morgan fingerprint density at radius 3 is 2.38 bits per heavy atom. The summed E-state index contributed by atoms with van der Waals surface area (Å²) in [5.41, 5.74) is 1.70. The number of aromatic nitrogens is 1. The van der Waals surface area contributed by atoms with E-state index in [1.807, 2.05) is 24.3 Å². The highest BCUT2D eigenvalue weighted by Gasteiger charge is 2.35. The Labute approximate surface area is 204 Å². The van der Waals surface area contributed by atoms with Crippen molar-refractivity contribution in [3.05, 3.63) is 95.0 Å². The van der Waals surface area contributed by atoms with Crippen LogP contribution in [0.5, 0.6) is 0 Å². The molecule has 0 spiro atoms. The number of benzene rings is 2. The van der Waals surface area contributed by atoms with Crippen LogP contribution in [0.15, 0.2) is 77.8 Å². The number of carbonyl (C=O) groups is 1. The van der Waals surface area contributed by atoms with Crippen molar-refractivity contribution < 1.29 is 17.6 Å². The van der Waals surface area contributed by atoms with Crippen molar-refractivity contribution in [1.29, 1.82) is 0 Å². The van der Waals surface area contributed by atoms with Gasteiger partial charge >= 0.3 is 0 Å². The predicted octanol–water partition coefficient (Wildman–Crippen LogP) is 5.31. The zero-order valence-electron chi connectivity index (χ0n) is 18.5. The van der Waals surface area contributed by atoms with Gasteiger partial charge in [-0.3, -0.25) is 9.78 Å². The van der Waals surface area contributed by atoms with Gasteiger partial charge in [0.05, 0.1) is 16.2 Å². The highest BCUT2D eigenvalue weighted by molar-refractivity contribution is 7.92. The molecule has 0 saturated heterocycles. The third-order valence-electron chi connectivity index (χ3n) is 6.08. The summed E-state index contributed by atoms with van der Waals surface area (Å²) in [6, 6.07) is 17.3. The minimum Gasteiger partial charge on any atom is -0.349 e. The largest absolute Gasteiger partial charge is 0.349 e. The maximum absolute atomic E-state index is 13.4. The number of aryl methyl sites for hydroxylation is 1. The molecule has 178 valence electrons. The lowest BCUT2D eigenvalue weighted by Crippen LogP contribution is -2.35. The topological polar surface area (TPSA) is 76.1 Å². The molecule has 2 unspecified atom stereocenters. The average molecular weight is 501 g/mol. The number of halogens is 2. The molecule has 1 amide bonds. The lowest BCUT2D eigenvalue weighted by molar-refractivity contribution is -0.122. The molecule has 1 N–H and O–H groups in total. The van der Waals surface area contributed by atoms with Crippen molar-refractivity contribution in [2.75, 3.05) is 0 Å². The van der Waals surface area contributed by atoms with Gasteiger partial charge in [-0.2, -0.15) is 0 Å². The van der Waals surface area contributed by atoms with Gasteiger partial charge in [-0.05, 0) is 85.7 Å². The van der Waals surface area contributed by atoms with Gasteiger partial charge in [0, 0.05) is 23.3 Å². The summed E-state index contributed by atoms with van der Waals surface area (Å²) < 4.78 is 40.2. The van der Waals surface area contributed by atoms with E-state index in [9.17, 15) is 17.6 Å². The van der Waals surface area contributed by atoms with E-state index < -0.39 is 20.9 Å². The molecular weight excluding hydrogens is 475 g/mol. The zero-order valence-corrected chi connectivity index (χ0v) is 20.1. The SMILES string of the molecule is O=C(CC(CCc1ccccn1)S(=O)(=O)c1ccc(F)cc1)NC(c1ccc(Cl)cc1)C1CC1. The second kappa shape index (κ2) is 10.7. The molecule has 2 aromatic carbocycles. The van der Waals surface area contributed by atoms with Gasteiger partial charge in [-0.1, -0.05) is 29.8 Å². The van der Waals surface area contributed by atoms with E-state index >= 15 is 0 Å². The Morgan fingerprint density at radius 2 is 1.76 bits per heavy atom. The number of amides is 1. The number of sulfone groups is 1. The molecule has 0 bridgehead atoms. The summed E-state index contributed by atoms with van der Waals surface area (Å²) in [7, 11) is -3.87. The fourth-order valence-electron chi connectivity index (χ4n) is 4.05. The molecule has 1 aromatic heterocycles. The van der Waals surface area contributed by atoms with Crippen molar-refractivity contribution in [2.24, 2.45) is 5.92 Å². The normalized spacial score (nSPS) is 15.5. The van der Waals surface area contributed by atoms with Crippen LogP contribution in [0, 0.1) is 11.7 Å². The van der Waals surface area contributed by atoms with Crippen LogP contribution in [-0.2, 0) is 21.1 Å². The second-order valence-electron chi connectivity index (χ2n) is 8.62. The van der Waals surface area contributed by atoms with Crippen LogP contribution in [0.1, 0.15) is 43.0 Å². The van der Waals surface area contributed by atoms with E-state index in [4.69, 9.17) is 11.6 Å². The summed E-state index contributed by atoms with van der Waals surface area (Å²) in [6.07, 6.45) is 4.10. The summed E-state index contributed by atoms with van der Waals surface area (Å²) in [6.45, 7) is 0. The number of rotatable bonds is 10. The fourth-order valence-corrected chi connectivity index (χ4v) is 5.88. The molecule has 0 aliphatic heterocycles. The van der Waals surface area contributed by atoms with Crippen LogP contribution in [0.2, 0.25) is 5.02 Å². The summed E-state index contributed by atoms with van der Waals surface area (Å²) >= 11 is 6.01. The summed E-state index contributed by atoms with van der Waals surface area (Å²) in [5, 5.41) is 2.70. The Kier molecular flexibility index (Phi) is 7.63. The van der Waals surface area contributed by atoms with Gasteiger partial charge in [0.25, 0.3) is 0 Å². The Bertz CT molecular complexity index is 1220. The minimum atomic E-state index is -3.87. The molecule has 1 aliphatic carbocycles. The molecule has 1 fully saturated rings. The van der Waals surface area contributed by atoms with Crippen LogP contribution in [0.3, 0.4) is 0 Å². The van der Waals surface area contributed by atoms with Gasteiger partial charge in [-0.15, -0.1) is 0 Å². The molecule has 1 aliphatic rings. The van der Waals surface area contributed by atoms with Crippen LogP contribution in [-0.4, -0.2) is 24.6 Å². The van der Waals surface area contributed by atoms with Crippen LogP contribution >= 0.6 is 11.6 Å². The lowest BCUT2D eigenvalue weighted by Gasteiger charge is -2.22. The van der Waals surface area contributed by atoms with Gasteiger partial charge in [0.15, 0.2) is 9.84 Å².